The summed E-state index contributed by atoms with van der Waals surface area (Å²) in [7, 11) is 0. The lowest BCUT2D eigenvalue weighted by molar-refractivity contribution is -0.121. The average molecular weight is 406 g/mol. The minimum absolute atomic E-state index is 0.0688. The molecule has 0 unspecified atom stereocenters. The van der Waals surface area contributed by atoms with E-state index in [0.29, 0.717) is 12.1 Å². The Hall–Kier alpha value is -3.81. The fourth-order valence-electron chi connectivity index (χ4n) is 3.09. The van der Waals surface area contributed by atoms with Crippen LogP contribution in [-0.4, -0.2) is 20.6 Å². The van der Waals surface area contributed by atoms with Gasteiger partial charge in [-0.15, -0.1) is 0 Å². The van der Waals surface area contributed by atoms with Crippen molar-refractivity contribution in [3.63, 3.8) is 0 Å². The number of nitrogens with zero attached hydrogens (tertiary/aromatic N) is 3. The van der Waals surface area contributed by atoms with Crippen LogP contribution in [0.1, 0.15) is 17.5 Å². The Balaban J connectivity index is 1.48. The van der Waals surface area contributed by atoms with Gasteiger partial charge in [0, 0.05) is 25.1 Å². The highest BCUT2D eigenvalue weighted by atomic mass is 19.1. The minimum Gasteiger partial charge on any atom is -0.352 e. The lowest BCUT2D eigenvalue weighted by Gasteiger charge is -2.07. The Morgan fingerprint density at radius 2 is 2.00 bits per heavy atom. The molecule has 2 aromatic heterocycles. The molecule has 4 rings (SSSR count). The molecule has 30 heavy (non-hydrogen) atoms. The van der Waals surface area contributed by atoms with E-state index in [-0.39, 0.29) is 35.7 Å². The Kier molecular flexibility index (Phi) is 5.38. The number of hydrogen-bond acceptors (Lipinski definition) is 5. The first-order valence-corrected chi connectivity index (χ1v) is 9.44. The minimum atomic E-state index is -0.446. The smallest absolute Gasteiger partial charge is 0.266 e. The van der Waals surface area contributed by atoms with E-state index in [0.717, 1.165) is 11.1 Å². The van der Waals surface area contributed by atoms with Crippen LogP contribution in [0, 0.1) is 12.7 Å². The molecule has 7 nitrogen and oxygen atoms in total. The molecule has 0 aliphatic carbocycles. The highest BCUT2D eigenvalue weighted by Crippen LogP contribution is 2.24. The standard InChI is InChI=1S/C22H19FN4O3/c1-14-5-7-15(8-6-14)12-24-18(28)9-10-27-13-25-21-19(22(27)29)20(26-30-21)16-3-2-4-17(23)11-16/h2-8,11,13H,9-10,12H2,1H3,(H,24,28). The zero-order chi connectivity index (χ0) is 21.1. The summed E-state index contributed by atoms with van der Waals surface area (Å²) in [4.78, 5) is 29.2. The van der Waals surface area contributed by atoms with Crippen LogP contribution in [0.25, 0.3) is 22.4 Å². The van der Waals surface area contributed by atoms with E-state index in [9.17, 15) is 14.0 Å². The first kappa shape index (κ1) is 19.5. The normalized spacial score (nSPS) is 11.0. The van der Waals surface area contributed by atoms with Crippen molar-refractivity contribution in [2.45, 2.75) is 26.4 Å². The number of rotatable bonds is 6. The van der Waals surface area contributed by atoms with Crippen molar-refractivity contribution in [1.29, 1.82) is 0 Å². The summed E-state index contributed by atoms with van der Waals surface area (Å²) < 4.78 is 20.0. The third-order valence-electron chi connectivity index (χ3n) is 4.75. The molecule has 2 heterocycles. The molecule has 0 aliphatic rings. The first-order valence-electron chi connectivity index (χ1n) is 9.44. The van der Waals surface area contributed by atoms with E-state index in [1.165, 1.54) is 29.1 Å². The van der Waals surface area contributed by atoms with Crippen molar-refractivity contribution < 1.29 is 13.7 Å². The fraction of sp³-hybridized carbons (Fsp3) is 0.182. The van der Waals surface area contributed by atoms with Crippen LogP contribution in [0.4, 0.5) is 4.39 Å². The third kappa shape index (κ3) is 4.12. The number of aryl methyl sites for hydroxylation is 2. The van der Waals surface area contributed by atoms with E-state index in [1.54, 1.807) is 6.07 Å². The van der Waals surface area contributed by atoms with Gasteiger partial charge in [-0.1, -0.05) is 47.1 Å². The molecule has 1 N–H and O–H groups in total. The number of nitrogens with one attached hydrogen (secondary N) is 1. The van der Waals surface area contributed by atoms with Gasteiger partial charge in [0.15, 0.2) is 0 Å². The van der Waals surface area contributed by atoms with Crippen LogP contribution < -0.4 is 10.9 Å². The van der Waals surface area contributed by atoms with Crippen molar-refractivity contribution in [3.05, 3.63) is 82.2 Å². The van der Waals surface area contributed by atoms with E-state index in [4.69, 9.17) is 4.52 Å². The van der Waals surface area contributed by atoms with Gasteiger partial charge in [0.2, 0.25) is 5.91 Å². The van der Waals surface area contributed by atoms with Gasteiger partial charge < -0.3 is 9.84 Å². The number of fused-ring (bicyclic) bond motifs is 1. The average Bonchev–Trinajstić information content (AvgIpc) is 3.18. The van der Waals surface area contributed by atoms with Crippen molar-refractivity contribution in [2.75, 3.05) is 0 Å². The maximum absolute atomic E-state index is 13.6. The van der Waals surface area contributed by atoms with Gasteiger partial charge in [0.25, 0.3) is 11.3 Å². The van der Waals surface area contributed by atoms with Crippen molar-refractivity contribution in [1.82, 2.24) is 20.0 Å². The highest BCUT2D eigenvalue weighted by Gasteiger charge is 2.17. The van der Waals surface area contributed by atoms with Crippen LogP contribution in [-0.2, 0) is 17.9 Å². The number of halogens is 1. The Labute approximate surface area is 171 Å². The fourth-order valence-corrected chi connectivity index (χ4v) is 3.09. The zero-order valence-corrected chi connectivity index (χ0v) is 16.3. The summed E-state index contributed by atoms with van der Waals surface area (Å²) in [6, 6.07) is 13.6. The monoisotopic (exact) mass is 406 g/mol. The molecule has 0 saturated carbocycles. The number of amides is 1. The summed E-state index contributed by atoms with van der Waals surface area (Å²) in [5.41, 5.74) is 2.46. The first-order chi connectivity index (χ1) is 14.5. The Morgan fingerprint density at radius 1 is 1.20 bits per heavy atom. The van der Waals surface area contributed by atoms with E-state index in [1.807, 2.05) is 31.2 Å². The maximum Gasteiger partial charge on any atom is 0.266 e. The molecule has 0 saturated heterocycles. The van der Waals surface area contributed by atoms with Gasteiger partial charge in [-0.2, -0.15) is 0 Å². The van der Waals surface area contributed by atoms with Gasteiger partial charge in [0.05, 0.1) is 0 Å². The van der Waals surface area contributed by atoms with Crippen LogP contribution in [0.5, 0.6) is 0 Å². The summed E-state index contributed by atoms with van der Waals surface area (Å²) in [6.07, 6.45) is 1.43. The molecule has 0 spiro atoms. The number of carbonyl (C=O) groups excluding carboxylic acids is 1. The van der Waals surface area contributed by atoms with E-state index >= 15 is 0 Å². The molecule has 0 aliphatic heterocycles. The van der Waals surface area contributed by atoms with Crippen LogP contribution >= 0.6 is 0 Å². The SMILES string of the molecule is Cc1ccc(CNC(=O)CCn2cnc3onc(-c4cccc(F)c4)c3c2=O)cc1. The molecular weight excluding hydrogens is 387 g/mol. The summed E-state index contributed by atoms with van der Waals surface area (Å²) in [6.45, 7) is 2.57. The molecule has 0 atom stereocenters. The molecular formula is C22H19FN4O3. The van der Waals surface area contributed by atoms with Gasteiger partial charge in [-0.25, -0.2) is 9.37 Å². The molecule has 4 aromatic rings. The van der Waals surface area contributed by atoms with Gasteiger partial charge in [-0.3, -0.25) is 14.2 Å². The molecule has 1 amide bonds. The number of carbonyl (C=O) groups is 1. The second kappa shape index (κ2) is 8.28. The maximum atomic E-state index is 13.6. The number of benzene rings is 2. The predicted octanol–water partition coefficient (Wildman–Crippen LogP) is 3.21. The second-order valence-corrected chi connectivity index (χ2v) is 6.98. The second-order valence-electron chi connectivity index (χ2n) is 6.98. The molecule has 152 valence electrons. The summed E-state index contributed by atoms with van der Waals surface area (Å²) in [5.74, 6) is -0.628. The van der Waals surface area contributed by atoms with Crippen molar-refractivity contribution in [3.8, 4) is 11.3 Å². The zero-order valence-electron chi connectivity index (χ0n) is 16.3. The third-order valence-corrected chi connectivity index (χ3v) is 4.75. The van der Waals surface area contributed by atoms with Crippen LogP contribution in [0.15, 0.2) is 64.2 Å². The Bertz CT molecular complexity index is 1260. The van der Waals surface area contributed by atoms with E-state index in [2.05, 4.69) is 15.5 Å². The number of aromatic nitrogens is 3. The van der Waals surface area contributed by atoms with Gasteiger partial charge in [-0.05, 0) is 24.6 Å². The molecule has 2 aromatic carbocycles. The van der Waals surface area contributed by atoms with E-state index < -0.39 is 11.4 Å². The summed E-state index contributed by atoms with van der Waals surface area (Å²) >= 11 is 0. The van der Waals surface area contributed by atoms with Crippen LogP contribution in [0.2, 0.25) is 0 Å². The molecule has 0 fully saturated rings. The van der Waals surface area contributed by atoms with Gasteiger partial charge >= 0.3 is 0 Å². The lowest BCUT2D eigenvalue weighted by atomic mass is 10.1. The Morgan fingerprint density at radius 3 is 2.77 bits per heavy atom. The summed E-state index contributed by atoms with van der Waals surface area (Å²) in [5, 5.41) is 6.87. The van der Waals surface area contributed by atoms with Crippen molar-refractivity contribution in [2.24, 2.45) is 0 Å². The highest BCUT2D eigenvalue weighted by molar-refractivity contribution is 5.88. The van der Waals surface area contributed by atoms with Crippen molar-refractivity contribution >= 4 is 17.0 Å². The number of hydrogen-bond donors (Lipinski definition) is 1. The predicted molar refractivity (Wildman–Crippen MR) is 109 cm³/mol. The lowest BCUT2D eigenvalue weighted by Crippen LogP contribution is -2.27. The largest absolute Gasteiger partial charge is 0.352 e. The molecule has 0 radical (unpaired) electrons. The molecule has 0 bridgehead atoms. The van der Waals surface area contributed by atoms with Crippen LogP contribution in [0.3, 0.4) is 0 Å². The quantitative estimate of drug-likeness (QED) is 0.531. The molecule has 8 heteroatoms. The topological polar surface area (TPSA) is 90.0 Å². The van der Waals surface area contributed by atoms with Gasteiger partial charge in [0.1, 0.15) is 23.2 Å².